The van der Waals surface area contributed by atoms with Gasteiger partial charge in [-0.25, -0.2) is 9.59 Å². The Morgan fingerprint density at radius 2 is 1.64 bits per heavy atom. The van der Waals surface area contributed by atoms with E-state index in [1.165, 1.54) is 0 Å². The fourth-order valence-corrected chi connectivity index (χ4v) is 3.94. The fraction of sp³-hybridized carbons (Fsp3) is 0.400. The van der Waals surface area contributed by atoms with Crippen molar-refractivity contribution in [2.45, 2.75) is 32.2 Å². The normalized spacial score (nSPS) is 14.0. The van der Waals surface area contributed by atoms with E-state index in [9.17, 15) is 19.5 Å². The minimum absolute atomic E-state index is 0.0178. The van der Waals surface area contributed by atoms with Crippen LogP contribution in [0.4, 0.5) is 4.79 Å². The number of ether oxygens (including phenoxy) is 2. The molecule has 1 aliphatic rings. The molecule has 3 N–H and O–H groups in total. The predicted molar refractivity (Wildman–Crippen MR) is 123 cm³/mol. The maximum Gasteiger partial charge on any atom is 0.407 e. The maximum absolute atomic E-state index is 12.1. The minimum atomic E-state index is -1.07. The van der Waals surface area contributed by atoms with E-state index in [-0.39, 0.29) is 38.2 Å². The van der Waals surface area contributed by atoms with Gasteiger partial charge in [0.1, 0.15) is 19.3 Å². The van der Waals surface area contributed by atoms with Crippen LogP contribution < -0.4 is 10.6 Å². The Bertz CT molecular complexity index is 947. The summed E-state index contributed by atoms with van der Waals surface area (Å²) < 4.78 is 10.7. The van der Waals surface area contributed by atoms with Crippen LogP contribution in [-0.2, 0) is 19.1 Å². The third-order valence-corrected chi connectivity index (χ3v) is 5.89. The van der Waals surface area contributed by atoms with Gasteiger partial charge in [0.05, 0.1) is 6.61 Å². The van der Waals surface area contributed by atoms with Crippen molar-refractivity contribution < 1.29 is 29.0 Å². The molecule has 2 atom stereocenters. The highest BCUT2D eigenvalue weighted by Crippen LogP contribution is 2.44. The number of carbonyl (C=O) groups excluding carboxylic acids is 2. The van der Waals surface area contributed by atoms with Crippen molar-refractivity contribution in [2.75, 3.05) is 26.4 Å². The number of fused-ring (bicyclic) bond motifs is 3. The summed E-state index contributed by atoms with van der Waals surface area (Å²) in [5, 5.41) is 14.3. The number of benzene rings is 2. The predicted octanol–water partition coefficient (Wildman–Crippen LogP) is 3.16. The lowest BCUT2D eigenvalue weighted by Crippen LogP contribution is -2.46. The highest BCUT2D eigenvalue weighted by molar-refractivity contribution is 5.84. The van der Waals surface area contributed by atoms with Crippen molar-refractivity contribution in [3.05, 3.63) is 59.7 Å². The van der Waals surface area contributed by atoms with Crippen LogP contribution in [0, 0.1) is 5.92 Å². The Balaban J connectivity index is 1.38. The SMILES string of the molecule is CCC(C)[C@H](NC(=O)COCCNC(=O)OCC1c2ccccc2-c2ccccc21)C(=O)O. The van der Waals surface area contributed by atoms with Crippen LogP contribution in [-0.4, -0.2) is 55.5 Å². The average molecular weight is 455 g/mol. The standard InChI is InChI=1S/C25H30N2O6/c1-3-16(2)23(24(29)30)27-22(28)15-32-13-12-26-25(31)33-14-21-19-10-6-4-8-17(19)18-9-5-7-11-20(18)21/h4-11,16,21,23H,3,12-15H2,1-2H3,(H,26,31)(H,27,28)(H,29,30)/t16?,23-/m0/s1. The molecule has 0 aliphatic heterocycles. The number of carboxylic acid groups (broad SMARTS) is 1. The van der Waals surface area contributed by atoms with Gasteiger partial charge < -0.3 is 25.2 Å². The number of hydrogen-bond donors (Lipinski definition) is 3. The summed E-state index contributed by atoms with van der Waals surface area (Å²) in [4.78, 5) is 35.3. The van der Waals surface area contributed by atoms with Gasteiger partial charge in [0.25, 0.3) is 0 Å². The second-order valence-electron chi connectivity index (χ2n) is 8.07. The molecule has 2 aromatic rings. The third kappa shape index (κ3) is 6.10. The Morgan fingerprint density at radius 3 is 2.21 bits per heavy atom. The van der Waals surface area contributed by atoms with E-state index in [2.05, 4.69) is 34.9 Å². The van der Waals surface area contributed by atoms with Gasteiger partial charge in [-0.2, -0.15) is 0 Å². The molecule has 1 aliphatic carbocycles. The molecule has 8 heteroatoms. The Kier molecular flexibility index (Phi) is 8.43. The molecule has 2 aromatic carbocycles. The van der Waals surface area contributed by atoms with Crippen molar-refractivity contribution in [2.24, 2.45) is 5.92 Å². The van der Waals surface area contributed by atoms with Crippen LogP contribution in [0.3, 0.4) is 0 Å². The number of carboxylic acids is 1. The van der Waals surface area contributed by atoms with Crippen molar-refractivity contribution in [1.29, 1.82) is 0 Å². The van der Waals surface area contributed by atoms with E-state index in [1.54, 1.807) is 6.92 Å². The first-order valence-corrected chi connectivity index (χ1v) is 11.1. The highest BCUT2D eigenvalue weighted by atomic mass is 16.5. The monoisotopic (exact) mass is 454 g/mol. The largest absolute Gasteiger partial charge is 0.480 e. The number of aliphatic carboxylic acids is 1. The van der Waals surface area contributed by atoms with Gasteiger partial charge in [-0.1, -0.05) is 68.8 Å². The van der Waals surface area contributed by atoms with Crippen LogP contribution in [0.2, 0.25) is 0 Å². The van der Waals surface area contributed by atoms with Gasteiger partial charge >= 0.3 is 12.1 Å². The van der Waals surface area contributed by atoms with E-state index in [0.717, 1.165) is 22.3 Å². The first kappa shape index (κ1) is 24.3. The molecule has 0 heterocycles. The fourth-order valence-electron chi connectivity index (χ4n) is 3.94. The first-order chi connectivity index (χ1) is 15.9. The van der Waals surface area contributed by atoms with Crippen molar-refractivity contribution in [1.82, 2.24) is 10.6 Å². The molecular formula is C25H30N2O6. The first-order valence-electron chi connectivity index (χ1n) is 11.1. The molecule has 0 radical (unpaired) electrons. The van der Waals surface area contributed by atoms with Crippen LogP contribution in [0.1, 0.15) is 37.3 Å². The molecule has 0 spiro atoms. The molecule has 176 valence electrons. The molecule has 0 aromatic heterocycles. The van der Waals surface area contributed by atoms with E-state index in [1.807, 2.05) is 31.2 Å². The summed E-state index contributed by atoms with van der Waals surface area (Å²) >= 11 is 0. The molecule has 0 bridgehead atoms. The van der Waals surface area contributed by atoms with Gasteiger partial charge in [-0.05, 0) is 28.2 Å². The smallest absolute Gasteiger partial charge is 0.407 e. The quantitative estimate of drug-likeness (QED) is 0.450. The van der Waals surface area contributed by atoms with E-state index >= 15 is 0 Å². The van der Waals surface area contributed by atoms with Gasteiger partial charge in [0.15, 0.2) is 0 Å². The summed E-state index contributed by atoms with van der Waals surface area (Å²) in [6.45, 7) is 3.81. The summed E-state index contributed by atoms with van der Waals surface area (Å²) in [7, 11) is 0. The van der Waals surface area contributed by atoms with Crippen molar-refractivity contribution in [3.8, 4) is 11.1 Å². The van der Waals surface area contributed by atoms with Crippen LogP contribution >= 0.6 is 0 Å². The topological polar surface area (TPSA) is 114 Å². The van der Waals surface area contributed by atoms with Gasteiger partial charge in [0, 0.05) is 12.5 Å². The van der Waals surface area contributed by atoms with Crippen molar-refractivity contribution >= 4 is 18.0 Å². The van der Waals surface area contributed by atoms with Crippen LogP contribution in [0.5, 0.6) is 0 Å². The molecule has 2 amide bonds. The number of alkyl carbamates (subject to hydrolysis) is 1. The summed E-state index contributed by atoms with van der Waals surface area (Å²) in [5.41, 5.74) is 4.59. The zero-order chi connectivity index (χ0) is 23.8. The lowest BCUT2D eigenvalue weighted by Gasteiger charge is -2.20. The second-order valence-corrected chi connectivity index (χ2v) is 8.07. The lowest BCUT2D eigenvalue weighted by atomic mass is 9.98. The summed E-state index contributed by atoms with van der Waals surface area (Å²) in [5.74, 6) is -1.80. The number of hydrogen-bond acceptors (Lipinski definition) is 5. The molecule has 0 saturated heterocycles. The zero-order valence-electron chi connectivity index (χ0n) is 18.9. The molecule has 33 heavy (non-hydrogen) atoms. The van der Waals surface area contributed by atoms with Crippen LogP contribution in [0.15, 0.2) is 48.5 Å². The highest BCUT2D eigenvalue weighted by Gasteiger charge is 2.29. The number of carbonyl (C=O) groups is 3. The van der Waals surface area contributed by atoms with E-state index in [4.69, 9.17) is 9.47 Å². The number of nitrogens with one attached hydrogen (secondary N) is 2. The zero-order valence-corrected chi connectivity index (χ0v) is 18.9. The summed E-state index contributed by atoms with van der Waals surface area (Å²) in [6, 6.07) is 15.2. The van der Waals surface area contributed by atoms with Crippen molar-refractivity contribution in [3.63, 3.8) is 0 Å². The molecule has 3 rings (SSSR count). The van der Waals surface area contributed by atoms with E-state index < -0.39 is 24.0 Å². The Hall–Kier alpha value is -3.39. The Labute approximate surface area is 193 Å². The molecule has 0 saturated carbocycles. The van der Waals surface area contributed by atoms with Gasteiger partial charge in [0.2, 0.25) is 5.91 Å². The third-order valence-electron chi connectivity index (χ3n) is 5.89. The van der Waals surface area contributed by atoms with Gasteiger partial charge in [-0.3, -0.25) is 4.79 Å². The average Bonchev–Trinajstić information content (AvgIpc) is 3.14. The Morgan fingerprint density at radius 1 is 1.03 bits per heavy atom. The molecule has 8 nitrogen and oxygen atoms in total. The summed E-state index contributed by atoms with van der Waals surface area (Å²) in [6.07, 6.45) is 0.0648. The number of amides is 2. The number of rotatable bonds is 11. The van der Waals surface area contributed by atoms with Gasteiger partial charge in [-0.15, -0.1) is 0 Å². The lowest BCUT2D eigenvalue weighted by molar-refractivity contribution is -0.144. The molecular weight excluding hydrogens is 424 g/mol. The maximum atomic E-state index is 12.1. The van der Waals surface area contributed by atoms with Crippen LogP contribution in [0.25, 0.3) is 11.1 Å². The minimum Gasteiger partial charge on any atom is -0.480 e. The van der Waals surface area contributed by atoms with E-state index in [0.29, 0.717) is 6.42 Å². The second kappa shape index (κ2) is 11.5. The molecule has 1 unspecified atom stereocenters. The molecule has 0 fully saturated rings.